The molecule has 2 atom stereocenters. The standard InChI is InChI=1S/C25H22N4O4/c26-24(30)16-9-14-22-23(15-16)28(18-10-12-19(13-11-18)29(32)33)25(31)20-7-4-8-21(20)27(22)17-5-2-1-3-6-17/h1-3,5-6,9-15,20-21H,4,7-8H2,(H2,26,30)/t20-,21+/m1/s1. The molecule has 0 unspecified atom stereocenters. The number of nitrogens with zero attached hydrogens (tertiary/aromatic N) is 3. The predicted molar refractivity (Wildman–Crippen MR) is 125 cm³/mol. The van der Waals surface area contributed by atoms with Crippen molar-refractivity contribution in [1.29, 1.82) is 0 Å². The van der Waals surface area contributed by atoms with Gasteiger partial charge in [0.05, 0.1) is 22.2 Å². The number of primary amides is 1. The highest BCUT2D eigenvalue weighted by atomic mass is 16.6. The lowest BCUT2D eigenvalue weighted by atomic mass is 10.00. The van der Waals surface area contributed by atoms with E-state index in [2.05, 4.69) is 4.90 Å². The Balaban J connectivity index is 1.75. The number of anilines is 4. The third kappa shape index (κ3) is 3.49. The summed E-state index contributed by atoms with van der Waals surface area (Å²) in [7, 11) is 0. The summed E-state index contributed by atoms with van der Waals surface area (Å²) in [4.78, 5) is 40.3. The molecule has 2 N–H and O–H groups in total. The van der Waals surface area contributed by atoms with E-state index in [9.17, 15) is 19.7 Å². The maximum absolute atomic E-state index is 13.9. The van der Waals surface area contributed by atoms with Gasteiger partial charge in [0.25, 0.3) is 5.69 Å². The topological polar surface area (TPSA) is 110 Å². The van der Waals surface area contributed by atoms with Crippen LogP contribution in [0.15, 0.2) is 72.8 Å². The van der Waals surface area contributed by atoms with E-state index < -0.39 is 10.8 Å². The number of fused-ring (bicyclic) bond motifs is 2. The molecule has 3 aromatic carbocycles. The van der Waals surface area contributed by atoms with E-state index in [-0.39, 0.29) is 29.1 Å². The van der Waals surface area contributed by atoms with Gasteiger partial charge in [0.1, 0.15) is 0 Å². The molecule has 0 spiro atoms. The van der Waals surface area contributed by atoms with Gasteiger partial charge < -0.3 is 10.6 Å². The zero-order valence-electron chi connectivity index (χ0n) is 17.8. The zero-order valence-corrected chi connectivity index (χ0v) is 17.8. The molecule has 8 heteroatoms. The third-order valence-corrected chi connectivity index (χ3v) is 6.46. The number of hydrogen-bond donors (Lipinski definition) is 1. The molecular weight excluding hydrogens is 420 g/mol. The molecule has 0 radical (unpaired) electrons. The Morgan fingerprint density at radius 1 is 0.939 bits per heavy atom. The molecule has 2 aliphatic rings. The van der Waals surface area contributed by atoms with Crippen molar-refractivity contribution >= 4 is 40.3 Å². The minimum atomic E-state index is -0.593. The quantitative estimate of drug-likeness (QED) is 0.466. The fraction of sp³-hybridized carbons (Fsp3) is 0.200. The summed E-state index contributed by atoms with van der Waals surface area (Å²) in [6, 6.07) is 20.9. The average Bonchev–Trinajstić information content (AvgIpc) is 3.27. The van der Waals surface area contributed by atoms with E-state index in [1.807, 2.05) is 36.4 Å². The fourth-order valence-electron chi connectivity index (χ4n) is 4.97. The number of non-ortho nitro benzene ring substituents is 1. The van der Waals surface area contributed by atoms with Gasteiger partial charge in [-0.2, -0.15) is 0 Å². The van der Waals surface area contributed by atoms with Crippen LogP contribution < -0.4 is 15.5 Å². The lowest BCUT2D eigenvalue weighted by Gasteiger charge is -2.32. The molecule has 1 heterocycles. The van der Waals surface area contributed by atoms with E-state index in [0.717, 1.165) is 30.6 Å². The first-order chi connectivity index (χ1) is 16.0. The molecular formula is C25H22N4O4. The number of nitro groups is 1. The number of nitrogens with two attached hydrogens (primary N) is 1. The number of carbonyl (C=O) groups is 2. The van der Waals surface area contributed by atoms with E-state index >= 15 is 0 Å². The smallest absolute Gasteiger partial charge is 0.269 e. The Hall–Kier alpha value is -4.20. The highest BCUT2D eigenvalue weighted by Crippen LogP contribution is 2.48. The molecule has 2 amide bonds. The van der Waals surface area contributed by atoms with Gasteiger partial charge in [0, 0.05) is 35.1 Å². The van der Waals surface area contributed by atoms with Crippen molar-refractivity contribution in [2.24, 2.45) is 11.7 Å². The number of rotatable bonds is 4. The van der Waals surface area contributed by atoms with Gasteiger partial charge in [-0.25, -0.2) is 0 Å². The van der Waals surface area contributed by atoms with Gasteiger partial charge in [-0.05, 0) is 55.3 Å². The largest absolute Gasteiger partial charge is 0.366 e. The van der Waals surface area contributed by atoms with Crippen LogP contribution in [-0.2, 0) is 4.79 Å². The molecule has 1 aliphatic carbocycles. The Labute approximate surface area is 190 Å². The lowest BCUT2D eigenvalue weighted by Crippen LogP contribution is -2.39. The second kappa shape index (κ2) is 8.05. The van der Waals surface area contributed by atoms with Crippen LogP contribution >= 0.6 is 0 Å². The SMILES string of the molecule is NC(=O)c1ccc2c(c1)N(c1ccc([N+](=O)[O-])cc1)C(=O)[C@@H]1CCC[C@@H]1N2c1ccccc1. The van der Waals surface area contributed by atoms with Gasteiger partial charge >= 0.3 is 0 Å². The Morgan fingerprint density at radius 2 is 1.67 bits per heavy atom. The van der Waals surface area contributed by atoms with Gasteiger partial charge in [-0.3, -0.25) is 24.6 Å². The van der Waals surface area contributed by atoms with Crippen molar-refractivity contribution in [3.63, 3.8) is 0 Å². The van der Waals surface area contributed by atoms with Crippen molar-refractivity contribution in [1.82, 2.24) is 0 Å². The molecule has 3 aromatic rings. The van der Waals surface area contributed by atoms with E-state index in [4.69, 9.17) is 5.73 Å². The molecule has 0 aromatic heterocycles. The minimum absolute atomic E-state index is 0.0406. The average molecular weight is 442 g/mol. The van der Waals surface area contributed by atoms with Gasteiger partial charge in [0.15, 0.2) is 0 Å². The van der Waals surface area contributed by atoms with E-state index in [1.165, 1.54) is 12.1 Å². The van der Waals surface area contributed by atoms with Crippen LogP contribution in [0.25, 0.3) is 0 Å². The summed E-state index contributed by atoms with van der Waals surface area (Å²) in [6.07, 6.45) is 2.52. The van der Waals surface area contributed by atoms with E-state index in [0.29, 0.717) is 11.4 Å². The Kier molecular flexibility index (Phi) is 5.05. The number of amides is 2. The third-order valence-electron chi connectivity index (χ3n) is 6.46. The molecule has 1 aliphatic heterocycles. The van der Waals surface area contributed by atoms with Crippen LogP contribution in [0.2, 0.25) is 0 Å². The minimum Gasteiger partial charge on any atom is -0.366 e. The van der Waals surface area contributed by atoms with Crippen LogP contribution in [0.4, 0.5) is 28.4 Å². The first-order valence-electron chi connectivity index (χ1n) is 10.8. The summed E-state index contributed by atoms with van der Waals surface area (Å²) in [6.45, 7) is 0. The Bertz CT molecular complexity index is 1240. The van der Waals surface area contributed by atoms with Gasteiger partial charge in [-0.15, -0.1) is 0 Å². The van der Waals surface area contributed by atoms with Crippen molar-refractivity contribution in [3.8, 4) is 0 Å². The molecule has 8 nitrogen and oxygen atoms in total. The van der Waals surface area contributed by atoms with Crippen LogP contribution in [0.3, 0.4) is 0 Å². The second-order valence-corrected chi connectivity index (χ2v) is 8.33. The van der Waals surface area contributed by atoms with Crippen molar-refractivity contribution in [2.75, 3.05) is 9.80 Å². The highest BCUT2D eigenvalue weighted by Gasteiger charge is 2.44. The lowest BCUT2D eigenvalue weighted by molar-refractivity contribution is -0.384. The van der Waals surface area contributed by atoms with E-state index in [1.54, 1.807) is 29.2 Å². The number of nitro benzene ring substituents is 1. The van der Waals surface area contributed by atoms with Gasteiger partial charge in [0.2, 0.25) is 11.8 Å². The predicted octanol–water partition coefficient (Wildman–Crippen LogP) is 4.68. The normalized spacial score (nSPS) is 19.6. The van der Waals surface area contributed by atoms with Crippen LogP contribution in [0.5, 0.6) is 0 Å². The fourth-order valence-corrected chi connectivity index (χ4v) is 4.97. The summed E-state index contributed by atoms with van der Waals surface area (Å²) in [5, 5.41) is 11.1. The molecule has 166 valence electrons. The monoisotopic (exact) mass is 442 g/mol. The van der Waals surface area contributed by atoms with Gasteiger partial charge in [-0.1, -0.05) is 24.6 Å². The maximum atomic E-state index is 13.9. The molecule has 33 heavy (non-hydrogen) atoms. The highest BCUT2D eigenvalue weighted by molar-refractivity contribution is 6.09. The first kappa shape index (κ1) is 20.7. The maximum Gasteiger partial charge on any atom is 0.269 e. The molecule has 1 fully saturated rings. The first-order valence-corrected chi connectivity index (χ1v) is 10.8. The summed E-state index contributed by atoms with van der Waals surface area (Å²) in [5.74, 6) is -0.943. The van der Waals surface area contributed by atoms with Crippen molar-refractivity contribution in [2.45, 2.75) is 25.3 Å². The summed E-state index contributed by atoms with van der Waals surface area (Å²) < 4.78 is 0. The number of para-hydroxylation sites is 1. The Morgan fingerprint density at radius 3 is 2.33 bits per heavy atom. The molecule has 0 saturated heterocycles. The molecule has 1 saturated carbocycles. The molecule has 5 rings (SSSR count). The molecule has 0 bridgehead atoms. The van der Waals surface area contributed by atoms with Crippen LogP contribution in [0, 0.1) is 16.0 Å². The summed E-state index contributed by atoms with van der Waals surface area (Å²) in [5.41, 5.74) is 8.57. The van der Waals surface area contributed by atoms with Crippen molar-refractivity contribution < 1.29 is 14.5 Å². The van der Waals surface area contributed by atoms with Crippen LogP contribution in [-0.4, -0.2) is 22.8 Å². The number of benzene rings is 3. The van der Waals surface area contributed by atoms with Crippen molar-refractivity contribution in [3.05, 3.63) is 88.5 Å². The zero-order chi connectivity index (χ0) is 23.1. The van der Waals surface area contributed by atoms with Crippen LogP contribution in [0.1, 0.15) is 29.6 Å². The second-order valence-electron chi connectivity index (χ2n) is 8.33. The summed E-state index contributed by atoms with van der Waals surface area (Å²) >= 11 is 0. The number of carbonyl (C=O) groups excluding carboxylic acids is 2. The number of hydrogen-bond acceptors (Lipinski definition) is 5.